The van der Waals surface area contributed by atoms with Crippen molar-refractivity contribution in [2.45, 2.75) is 11.8 Å². The van der Waals surface area contributed by atoms with Crippen molar-refractivity contribution in [2.24, 2.45) is 0 Å². The second-order valence-electron chi connectivity index (χ2n) is 6.16. The maximum Gasteiger partial charge on any atom is 0.262 e. The van der Waals surface area contributed by atoms with Crippen molar-refractivity contribution in [3.63, 3.8) is 0 Å². The Balaban J connectivity index is 1.71. The molecule has 4 aromatic rings. The summed E-state index contributed by atoms with van der Waals surface area (Å²) in [5, 5.41) is 0. The molecule has 0 aliphatic carbocycles. The Labute approximate surface area is 159 Å². The second kappa shape index (κ2) is 6.68. The molecule has 0 fully saturated rings. The Morgan fingerprint density at radius 3 is 2.64 bits per heavy atom. The van der Waals surface area contributed by atoms with Crippen molar-refractivity contribution in [2.75, 3.05) is 4.72 Å². The molecule has 2 aromatic heterocycles. The van der Waals surface area contributed by atoms with Crippen LogP contribution in [0.25, 0.3) is 17.0 Å². The van der Waals surface area contributed by atoms with Crippen LogP contribution in [-0.4, -0.2) is 22.8 Å². The fraction of sp³-hybridized carbons (Fsp3) is 0.0526. The minimum Gasteiger partial charge on any atom is -0.291 e. The van der Waals surface area contributed by atoms with E-state index in [9.17, 15) is 17.2 Å². The van der Waals surface area contributed by atoms with Crippen LogP contribution < -0.4 is 4.72 Å². The number of halogens is 2. The Bertz CT molecular complexity index is 1270. The molecule has 0 atom stereocenters. The van der Waals surface area contributed by atoms with Gasteiger partial charge in [0, 0.05) is 24.2 Å². The van der Waals surface area contributed by atoms with Gasteiger partial charge in [-0.2, -0.15) is 0 Å². The zero-order valence-electron chi connectivity index (χ0n) is 14.6. The van der Waals surface area contributed by atoms with Crippen molar-refractivity contribution in [1.82, 2.24) is 14.4 Å². The summed E-state index contributed by atoms with van der Waals surface area (Å²) in [7, 11) is -4.09. The summed E-state index contributed by atoms with van der Waals surface area (Å²) in [4.78, 5) is 8.20. The second-order valence-corrected chi connectivity index (χ2v) is 7.85. The number of aryl methyl sites for hydroxylation is 1. The molecule has 142 valence electrons. The minimum atomic E-state index is -4.09. The van der Waals surface area contributed by atoms with Crippen molar-refractivity contribution >= 4 is 21.5 Å². The van der Waals surface area contributed by atoms with Gasteiger partial charge in [0.15, 0.2) is 11.6 Å². The van der Waals surface area contributed by atoms with E-state index in [1.165, 1.54) is 0 Å². The molecule has 2 heterocycles. The average molecular weight is 400 g/mol. The highest BCUT2D eigenvalue weighted by Crippen LogP contribution is 2.27. The lowest BCUT2D eigenvalue weighted by Gasteiger charge is -2.12. The summed E-state index contributed by atoms with van der Waals surface area (Å²) in [5.74, 6) is -1.83. The first-order valence-electron chi connectivity index (χ1n) is 8.22. The van der Waals surface area contributed by atoms with E-state index in [4.69, 9.17) is 0 Å². The lowest BCUT2D eigenvalue weighted by Crippen LogP contribution is -2.14. The topological polar surface area (TPSA) is 76.4 Å². The van der Waals surface area contributed by atoms with Crippen molar-refractivity contribution in [1.29, 1.82) is 0 Å². The van der Waals surface area contributed by atoms with Gasteiger partial charge < -0.3 is 0 Å². The van der Waals surface area contributed by atoms with E-state index in [2.05, 4.69) is 14.7 Å². The average Bonchev–Trinajstić information content (AvgIpc) is 3.09. The summed E-state index contributed by atoms with van der Waals surface area (Å²) < 4.78 is 55.9. The molecule has 28 heavy (non-hydrogen) atoms. The summed E-state index contributed by atoms with van der Waals surface area (Å²) in [6.45, 7) is 1.73. The van der Waals surface area contributed by atoms with Crippen LogP contribution in [0.2, 0.25) is 0 Å². The van der Waals surface area contributed by atoms with Gasteiger partial charge >= 0.3 is 0 Å². The zero-order chi connectivity index (χ0) is 19.9. The SMILES string of the molecule is Cc1ccc(-c2cn3cccnc3n2)cc1NS(=O)(=O)c1ccc(F)c(F)c1. The summed E-state index contributed by atoms with van der Waals surface area (Å²) >= 11 is 0. The van der Waals surface area contributed by atoms with Crippen LogP contribution in [0.5, 0.6) is 0 Å². The summed E-state index contributed by atoms with van der Waals surface area (Å²) in [5.41, 5.74) is 2.27. The lowest BCUT2D eigenvalue weighted by molar-refractivity contribution is 0.504. The summed E-state index contributed by atoms with van der Waals surface area (Å²) in [6, 6.07) is 9.39. The summed E-state index contributed by atoms with van der Waals surface area (Å²) in [6.07, 6.45) is 5.21. The van der Waals surface area contributed by atoms with Crippen molar-refractivity contribution < 1.29 is 17.2 Å². The first-order valence-corrected chi connectivity index (χ1v) is 9.70. The highest BCUT2D eigenvalue weighted by Gasteiger charge is 2.18. The number of rotatable bonds is 4. The largest absolute Gasteiger partial charge is 0.291 e. The lowest BCUT2D eigenvalue weighted by atomic mass is 10.1. The number of benzene rings is 2. The number of imidazole rings is 1. The smallest absolute Gasteiger partial charge is 0.262 e. The molecule has 0 aliphatic rings. The Kier molecular flexibility index (Phi) is 4.31. The number of anilines is 1. The van der Waals surface area contributed by atoms with E-state index in [-0.39, 0.29) is 4.90 Å². The van der Waals surface area contributed by atoms with E-state index in [1.807, 2.05) is 6.07 Å². The molecule has 0 spiro atoms. The van der Waals surface area contributed by atoms with Crippen LogP contribution in [0.3, 0.4) is 0 Å². The number of aromatic nitrogens is 3. The predicted octanol–water partition coefficient (Wildman–Crippen LogP) is 3.78. The molecule has 0 unspecified atom stereocenters. The number of fused-ring (bicyclic) bond motifs is 1. The quantitative estimate of drug-likeness (QED) is 0.566. The Morgan fingerprint density at radius 2 is 1.89 bits per heavy atom. The van der Waals surface area contributed by atoms with Crippen molar-refractivity contribution in [3.8, 4) is 11.3 Å². The van der Waals surface area contributed by atoms with Gasteiger partial charge in [-0.05, 0) is 42.8 Å². The Morgan fingerprint density at radius 1 is 1.07 bits per heavy atom. The molecule has 9 heteroatoms. The van der Waals surface area contributed by atoms with Gasteiger partial charge in [-0.1, -0.05) is 12.1 Å². The van der Waals surface area contributed by atoms with E-state index >= 15 is 0 Å². The van der Waals surface area contributed by atoms with E-state index in [1.54, 1.807) is 48.1 Å². The van der Waals surface area contributed by atoms with Crippen LogP contribution in [0.15, 0.2) is 66.0 Å². The normalized spacial score (nSPS) is 11.7. The molecule has 0 radical (unpaired) electrons. The Hall–Kier alpha value is -3.33. The molecule has 6 nitrogen and oxygen atoms in total. The molecular weight excluding hydrogens is 386 g/mol. The van der Waals surface area contributed by atoms with Crippen molar-refractivity contribution in [3.05, 3.63) is 78.3 Å². The van der Waals surface area contributed by atoms with Crippen LogP contribution >= 0.6 is 0 Å². The van der Waals surface area contributed by atoms with Gasteiger partial charge in [0.1, 0.15) is 0 Å². The fourth-order valence-corrected chi connectivity index (χ4v) is 3.84. The fourth-order valence-electron chi connectivity index (χ4n) is 2.71. The molecular formula is C19H14F2N4O2S. The highest BCUT2D eigenvalue weighted by molar-refractivity contribution is 7.92. The molecule has 0 saturated carbocycles. The highest BCUT2D eigenvalue weighted by atomic mass is 32.2. The molecule has 2 aromatic carbocycles. The first kappa shape index (κ1) is 18.1. The van der Waals surface area contributed by atoms with Gasteiger partial charge in [0.25, 0.3) is 10.0 Å². The molecule has 0 aliphatic heterocycles. The van der Waals surface area contributed by atoms with Crippen LogP contribution in [-0.2, 0) is 10.0 Å². The monoisotopic (exact) mass is 400 g/mol. The molecule has 0 amide bonds. The zero-order valence-corrected chi connectivity index (χ0v) is 15.4. The molecule has 4 rings (SSSR count). The van der Waals surface area contributed by atoms with E-state index in [0.717, 1.165) is 12.1 Å². The predicted molar refractivity (Wildman–Crippen MR) is 100 cm³/mol. The maximum absolute atomic E-state index is 13.4. The third kappa shape index (κ3) is 3.31. The van der Waals surface area contributed by atoms with Gasteiger partial charge in [0.05, 0.1) is 16.3 Å². The van der Waals surface area contributed by atoms with Gasteiger partial charge in [-0.3, -0.25) is 9.12 Å². The third-order valence-electron chi connectivity index (χ3n) is 4.21. The number of nitrogens with zero attached hydrogens (tertiary/aromatic N) is 3. The molecule has 1 N–H and O–H groups in total. The van der Waals surface area contributed by atoms with Crippen LogP contribution in [0.1, 0.15) is 5.56 Å². The number of hydrogen-bond donors (Lipinski definition) is 1. The van der Waals surface area contributed by atoms with Crippen LogP contribution in [0.4, 0.5) is 14.5 Å². The minimum absolute atomic E-state index is 0.312. The number of hydrogen-bond acceptors (Lipinski definition) is 4. The molecule has 0 bridgehead atoms. The van der Waals surface area contributed by atoms with Crippen LogP contribution in [0, 0.1) is 18.6 Å². The number of nitrogens with one attached hydrogen (secondary N) is 1. The van der Waals surface area contributed by atoms with Gasteiger partial charge in [-0.25, -0.2) is 27.2 Å². The third-order valence-corrected chi connectivity index (χ3v) is 5.58. The number of sulfonamides is 1. The van der Waals surface area contributed by atoms with Gasteiger partial charge in [0.2, 0.25) is 5.78 Å². The van der Waals surface area contributed by atoms with E-state index in [0.29, 0.717) is 34.4 Å². The molecule has 0 saturated heterocycles. The van der Waals surface area contributed by atoms with E-state index < -0.39 is 21.7 Å². The first-order chi connectivity index (χ1) is 13.3. The van der Waals surface area contributed by atoms with Gasteiger partial charge in [-0.15, -0.1) is 0 Å². The maximum atomic E-state index is 13.4. The standard InChI is InChI=1S/C19H14F2N4O2S/c1-12-3-4-13(18-11-25-8-2-7-22-19(25)23-18)9-17(12)24-28(26,27)14-5-6-15(20)16(21)10-14/h2-11,24H,1H3.